The summed E-state index contributed by atoms with van der Waals surface area (Å²) in [5.41, 5.74) is 5.99. The van der Waals surface area contributed by atoms with Crippen LogP contribution in [0.3, 0.4) is 0 Å². The second-order valence-corrected chi connectivity index (χ2v) is 7.45. The van der Waals surface area contributed by atoms with Gasteiger partial charge >= 0.3 is 0 Å². The molecule has 23 heavy (non-hydrogen) atoms. The Bertz CT molecular complexity index is 818. The van der Waals surface area contributed by atoms with Gasteiger partial charge in [0.1, 0.15) is 0 Å². The summed E-state index contributed by atoms with van der Waals surface area (Å²) in [4.78, 5) is 2.61. The van der Waals surface area contributed by atoms with E-state index in [2.05, 4.69) is 53.8 Å². The number of rotatable bonds is 1. The lowest BCUT2D eigenvalue weighted by atomic mass is 9.63. The van der Waals surface area contributed by atoms with Crippen molar-refractivity contribution >= 4 is 10.9 Å². The molecule has 0 amide bonds. The molecular weight excluding hydrogens is 284 g/mol. The normalized spacial score (nSPS) is 36.7. The standard InChI is InChI=1S/C20H24N2O/c1-3-12-8-18-15-9-14(12)19(11-23)22(18)10-16-13-6-4-5-7-17(13)21(2)20(15)16/h3-7,14-15,18-19,23H,8-11H2,1-2H3. The highest BCUT2D eigenvalue weighted by atomic mass is 16.3. The van der Waals surface area contributed by atoms with E-state index < -0.39 is 0 Å². The molecule has 6 rings (SSSR count). The number of benzene rings is 1. The van der Waals surface area contributed by atoms with E-state index >= 15 is 0 Å². The molecule has 0 radical (unpaired) electrons. The molecule has 3 nitrogen and oxygen atoms in total. The lowest BCUT2D eigenvalue weighted by molar-refractivity contribution is -0.0389. The van der Waals surface area contributed by atoms with Gasteiger partial charge in [0.05, 0.1) is 6.61 Å². The third kappa shape index (κ3) is 1.62. The number of aryl methyl sites for hydroxylation is 1. The fourth-order valence-corrected chi connectivity index (χ4v) is 5.75. The first-order valence-electron chi connectivity index (χ1n) is 8.82. The summed E-state index contributed by atoms with van der Waals surface area (Å²) < 4.78 is 2.44. The predicted octanol–water partition coefficient (Wildman–Crippen LogP) is 3.18. The van der Waals surface area contributed by atoms with Crippen LogP contribution in [0.5, 0.6) is 0 Å². The summed E-state index contributed by atoms with van der Waals surface area (Å²) in [6.45, 7) is 3.44. The molecule has 3 aliphatic heterocycles. The van der Waals surface area contributed by atoms with Crippen molar-refractivity contribution < 1.29 is 5.11 Å². The molecule has 1 aromatic carbocycles. The Morgan fingerprint density at radius 2 is 2.09 bits per heavy atom. The van der Waals surface area contributed by atoms with E-state index in [1.807, 2.05) is 0 Å². The summed E-state index contributed by atoms with van der Waals surface area (Å²) >= 11 is 0. The molecule has 1 N–H and O–H groups in total. The van der Waals surface area contributed by atoms with E-state index in [-0.39, 0.29) is 6.61 Å². The minimum Gasteiger partial charge on any atom is -0.395 e. The number of piperidine rings is 2. The summed E-state index contributed by atoms with van der Waals surface area (Å²) in [5, 5.41) is 11.4. The molecule has 5 atom stereocenters. The van der Waals surface area contributed by atoms with Gasteiger partial charge < -0.3 is 9.67 Å². The van der Waals surface area contributed by atoms with Crippen molar-refractivity contribution in [3.05, 3.63) is 47.2 Å². The van der Waals surface area contributed by atoms with Gasteiger partial charge in [-0.05, 0) is 37.3 Å². The number of para-hydroxylation sites is 1. The fourth-order valence-electron chi connectivity index (χ4n) is 5.75. The van der Waals surface area contributed by atoms with E-state index in [0.717, 1.165) is 6.54 Å². The SMILES string of the molecule is CC=C1CC2C3CC1C(CO)N2Cc1c3n(C)c2ccccc12. The summed E-state index contributed by atoms with van der Waals surface area (Å²) in [6.07, 6.45) is 4.68. The maximum atomic E-state index is 10.0. The monoisotopic (exact) mass is 308 g/mol. The van der Waals surface area contributed by atoms with Crippen LogP contribution < -0.4 is 0 Å². The van der Waals surface area contributed by atoms with Crippen LogP contribution in [-0.4, -0.2) is 33.3 Å². The Labute approximate surface area is 137 Å². The summed E-state index contributed by atoms with van der Waals surface area (Å²) in [7, 11) is 2.24. The number of fused-ring (bicyclic) bond motifs is 4. The highest BCUT2D eigenvalue weighted by molar-refractivity contribution is 5.86. The minimum atomic E-state index is 0.283. The van der Waals surface area contributed by atoms with Crippen LogP contribution in [0.1, 0.15) is 36.9 Å². The molecule has 1 aliphatic carbocycles. The zero-order valence-corrected chi connectivity index (χ0v) is 13.9. The maximum absolute atomic E-state index is 10.0. The molecule has 0 spiro atoms. The molecule has 3 heteroatoms. The number of hydrogen-bond acceptors (Lipinski definition) is 2. The first kappa shape index (κ1) is 13.8. The van der Waals surface area contributed by atoms with Crippen LogP contribution in [0, 0.1) is 5.92 Å². The van der Waals surface area contributed by atoms with Gasteiger partial charge in [0.15, 0.2) is 0 Å². The number of aromatic nitrogens is 1. The number of aliphatic hydroxyl groups is 1. The van der Waals surface area contributed by atoms with Crippen molar-refractivity contribution in [1.29, 1.82) is 0 Å². The number of aliphatic hydroxyl groups excluding tert-OH is 1. The highest BCUT2D eigenvalue weighted by Gasteiger charge is 2.52. The van der Waals surface area contributed by atoms with E-state index in [9.17, 15) is 5.11 Å². The van der Waals surface area contributed by atoms with Gasteiger partial charge in [-0.15, -0.1) is 0 Å². The van der Waals surface area contributed by atoms with Gasteiger partial charge in [-0.3, -0.25) is 4.90 Å². The van der Waals surface area contributed by atoms with Crippen LogP contribution in [0.2, 0.25) is 0 Å². The molecule has 4 aliphatic rings. The van der Waals surface area contributed by atoms with Gasteiger partial charge in [0.2, 0.25) is 0 Å². The van der Waals surface area contributed by atoms with Crippen LogP contribution >= 0.6 is 0 Å². The third-order valence-corrected chi connectivity index (χ3v) is 6.72. The maximum Gasteiger partial charge on any atom is 0.0592 e. The van der Waals surface area contributed by atoms with Crippen molar-refractivity contribution in [3.8, 4) is 0 Å². The van der Waals surface area contributed by atoms with Crippen molar-refractivity contribution in [3.63, 3.8) is 0 Å². The summed E-state index contributed by atoms with van der Waals surface area (Å²) in [5.74, 6) is 1.15. The van der Waals surface area contributed by atoms with Crippen LogP contribution in [0.4, 0.5) is 0 Å². The Balaban J connectivity index is 1.72. The molecule has 1 saturated carbocycles. The smallest absolute Gasteiger partial charge is 0.0592 e. The lowest BCUT2D eigenvalue weighted by Crippen LogP contribution is -2.61. The van der Waals surface area contributed by atoms with Gasteiger partial charge in [-0.1, -0.05) is 29.8 Å². The molecular formula is C20H24N2O. The van der Waals surface area contributed by atoms with Crippen molar-refractivity contribution in [2.75, 3.05) is 6.61 Å². The Kier molecular flexibility index (Phi) is 2.83. The van der Waals surface area contributed by atoms with Gasteiger partial charge in [0.25, 0.3) is 0 Å². The lowest BCUT2D eigenvalue weighted by Gasteiger charge is -2.58. The Morgan fingerprint density at radius 1 is 1.26 bits per heavy atom. The average Bonchev–Trinajstić information content (AvgIpc) is 2.87. The largest absolute Gasteiger partial charge is 0.395 e. The number of hydrogen-bond donors (Lipinski definition) is 1. The van der Waals surface area contributed by atoms with Crippen molar-refractivity contribution in [1.82, 2.24) is 9.47 Å². The highest BCUT2D eigenvalue weighted by Crippen LogP contribution is 2.54. The van der Waals surface area contributed by atoms with Gasteiger partial charge in [0, 0.05) is 48.2 Å². The molecule has 2 aromatic rings. The van der Waals surface area contributed by atoms with Crippen molar-refractivity contribution in [2.45, 2.75) is 44.3 Å². The van der Waals surface area contributed by atoms with E-state index in [1.165, 1.54) is 29.3 Å². The van der Waals surface area contributed by atoms with E-state index in [1.54, 1.807) is 11.3 Å². The summed E-state index contributed by atoms with van der Waals surface area (Å²) in [6, 6.07) is 9.67. The third-order valence-electron chi connectivity index (χ3n) is 6.72. The van der Waals surface area contributed by atoms with Crippen LogP contribution in [-0.2, 0) is 13.6 Å². The quantitative estimate of drug-likeness (QED) is 0.820. The van der Waals surface area contributed by atoms with E-state index in [0.29, 0.717) is 23.9 Å². The second kappa shape index (κ2) is 4.71. The molecule has 5 unspecified atom stereocenters. The second-order valence-electron chi connectivity index (χ2n) is 7.45. The van der Waals surface area contributed by atoms with Gasteiger partial charge in [-0.25, -0.2) is 0 Å². The number of nitrogens with zero attached hydrogens (tertiary/aromatic N) is 2. The topological polar surface area (TPSA) is 28.4 Å². The van der Waals surface area contributed by atoms with Crippen molar-refractivity contribution in [2.24, 2.45) is 13.0 Å². The zero-order chi connectivity index (χ0) is 15.7. The first-order chi connectivity index (χ1) is 11.2. The number of allylic oxidation sites excluding steroid dienone is 1. The van der Waals surface area contributed by atoms with E-state index in [4.69, 9.17) is 0 Å². The predicted molar refractivity (Wildman–Crippen MR) is 92.3 cm³/mol. The molecule has 3 fully saturated rings. The zero-order valence-electron chi connectivity index (χ0n) is 13.9. The van der Waals surface area contributed by atoms with Gasteiger partial charge in [-0.2, -0.15) is 0 Å². The molecule has 4 heterocycles. The molecule has 2 saturated heterocycles. The average molecular weight is 308 g/mol. The Hall–Kier alpha value is -1.58. The Morgan fingerprint density at radius 3 is 2.87 bits per heavy atom. The minimum absolute atomic E-state index is 0.283. The molecule has 4 bridgehead atoms. The fraction of sp³-hybridized carbons (Fsp3) is 0.500. The molecule has 120 valence electrons. The van der Waals surface area contributed by atoms with Crippen LogP contribution in [0.25, 0.3) is 10.9 Å². The molecule has 1 aromatic heterocycles. The van der Waals surface area contributed by atoms with Crippen LogP contribution in [0.15, 0.2) is 35.9 Å². The first-order valence-corrected chi connectivity index (χ1v) is 8.82.